The molecule has 0 spiro atoms. The van der Waals surface area contributed by atoms with Crippen LogP contribution in [0.3, 0.4) is 0 Å². The molecule has 1 aliphatic rings. The van der Waals surface area contributed by atoms with Gasteiger partial charge in [-0.25, -0.2) is 0 Å². The van der Waals surface area contributed by atoms with Crippen molar-refractivity contribution < 1.29 is 0 Å². The summed E-state index contributed by atoms with van der Waals surface area (Å²) in [4.78, 5) is 0. The Morgan fingerprint density at radius 1 is 1.29 bits per heavy atom. The Morgan fingerprint density at radius 3 is 2.76 bits per heavy atom. The number of hydrogen-bond donors (Lipinski definition) is 1. The summed E-state index contributed by atoms with van der Waals surface area (Å²) in [5, 5.41) is 0. The minimum Gasteiger partial charge on any atom is -0.330 e. The van der Waals surface area contributed by atoms with Gasteiger partial charge in [-0.15, -0.1) is 0 Å². The SMILES string of the molecule is CSCCCC1(CN)CCc2ccccc2C1. The Labute approximate surface area is 109 Å². The highest BCUT2D eigenvalue weighted by atomic mass is 32.2. The molecule has 0 saturated carbocycles. The molecule has 0 amide bonds. The Morgan fingerprint density at radius 2 is 2.06 bits per heavy atom. The molecule has 1 unspecified atom stereocenters. The van der Waals surface area contributed by atoms with Crippen LogP contribution in [0.1, 0.15) is 30.4 Å². The highest BCUT2D eigenvalue weighted by Crippen LogP contribution is 2.38. The second-order valence-electron chi connectivity index (χ2n) is 5.25. The summed E-state index contributed by atoms with van der Waals surface area (Å²) in [6.45, 7) is 0.843. The molecular formula is C15H23NS. The van der Waals surface area contributed by atoms with Gasteiger partial charge in [0.1, 0.15) is 0 Å². The second-order valence-corrected chi connectivity index (χ2v) is 6.23. The van der Waals surface area contributed by atoms with Gasteiger partial charge in [-0.2, -0.15) is 11.8 Å². The van der Waals surface area contributed by atoms with E-state index >= 15 is 0 Å². The molecule has 0 aromatic heterocycles. The van der Waals surface area contributed by atoms with Crippen molar-refractivity contribution in [2.45, 2.75) is 32.1 Å². The van der Waals surface area contributed by atoms with Crippen LogP contribution in [-0.4, -0.2) is 18.6 Å². The van der Waals surface area contributed by atoms with Gasteiger partial charge >= 0.3 is 0 Å². The second kappa shape index (κ2) is 5.92. The van der Waals surface area contributed by atoms with E-state index in [0.29, 0.717) is 5.41 Å². The number of thioether (sulfide) groups is 1. The smallest absolute Gasteiger partial charge is 0.00172 e. The lowest BCUT2D eigenvalue weighted by atomic mass is 9.69. The van der Waals surface area contributed by atoms with E-state index in [1.54, 1.807) is 5.56 Å². The Balaban J connectivity index is 2.06. The maximum Gasteiger partial charge on any atom is -0.00172 e. The molecule has 94 valence electrons. The number of fused-ring (bicyclic) bond motifs is 1. The molecule has 1 atom stereocenters. The molecule has 2 N–H and O–H groups in total. The van der Waals surface area contributed by atoms with Crippen LogP contribution in [0.2, 0.25) is 0 Å². The summed E-state index contributed by atoms with van der Waals surface area (Å²) in [5.41, 5.74) is 9.53. The molecule has 0 heterocycles. The van der Waals surface area contributed by atoms with Crippen molar-refractivity contribution in [3.8, 4) is 0 Å². The number of rotatable bonds is 5. The predicted molar refractivity (Wildman–Crippen MR) is 77.6 cm³/mol. The molecule has 0 radical (unpaired) electrons. The highest BCUT2D eigenvalue weighted by Gasteiger charge is 2.32. The molecule has 1 nitrogen and oxygen atoms in total. The van der Waals surface area contributed by atoms with Crippen molar-refractivity contribution in [2.75, 3.05) is 18.6 Å². The van der Waals surface area contributed by atoms with E-state index in [4.69, 9.17) is 5.73 Å². The van der Waals surface area contributed by atoms with Crippen molar-refractivity contribution in [2.24, 2.45) is 11.1 Å². The fourth-order valence-electron chi connectivity index (χ4n) is 2.95. The van der Waals surface area contributed by atoms with Crippen LogP contribution in [-0.2, 0) is 12.8 Å². The summed E-state index contributed by atoms with van der Waals surface area (Å²) < 4.78 is 0. The van der Waals surface area contributed by atoms with Gasteiger partial charge in [0.15, 0.2) is 0 Å². The summed E-state index contributed by atoms with van der Waals surface area (Å²) in [6.07, 6.45) is 8.46. The highest BCUT2D eigenvalue weighted by molar-refractivity contribution is 7.98. The minimum absolute atomic E-state index is 0.379. The van der Waals surface area contributed by atoms with Gasteiger partial charge < -0.3 is 5.73 Å². The Hall–Kier alpha value is -0.470. The third-order valence-electron chi connectivity index (χ3n) is 4.10. The van der Waals surface area contributed by atoms with E-state index in [1.165, 1.54) is 43.4 Å². The molecule has 17 heavy (non-hydrogen) atoms. The van der Waals surface area contributed by atoms with E-state index in [-0.39, 0.29) is 0 Å². The van der Waals surface area contributed by atoms with E-state index < -0.39 is 0 Å². The molecule has 1 aromatic carbocycles. The van der Waals surface area contributed by atoms with Crippen LogP contribution in [0.15, 0.2) is 24.3 Å². The van der Waals surface area contributed by atoms with Crippen LogP contribution in [0, 0.1) is 5.41 Å². The van der Waals surface area contributed by atoms with E-state index in [1.807, 2.05) is 11.8 Å². The third kappa shape index (κ3) is 3.05. The number of aryl methyl sites for hydroxylation is 1. The van der Waals surface area contributed by atoms with E-state index in [9.17, 15) is 0 Å². The summed E-state index contributed by atoms with van der Waals surface area (Å²) in [6, 6.07) is 8.88. The van der Waals surface area contributed by atoms with Gasteiger partial charge in [0.2, 0.25) is 0 Å². The van der Waals surface area contributed by atoms with Crippen molar-refractivity contribution in [3.63, 3.8) is 0 Å². The van der Waals surface area contributed by atoms with Crippen LogP contribution in [0.25, 0.3) is 0 Å². The molecule has 2 rings (SSSR count). The molecule has 2 heteroatoms. The fraction of sp³-hybridized carbons (Fsp3) is 0.600. The van der Waals surface area contributed by atoms with Gasteiger partial charge in [0.25, 0.3) is 0 Å². The largest absolute Gasteiger partial charge is 0.330 e. The van der Waals surface area contributed by atoms with Crippen LogP contribution in [0.5, 0.6) is 0 Å². The van der Waals surface area contributed by atoms with Gasteiger partial charge in [-0.3, -0.25) is 0 Å². The van der Waals surface area contributed by atoms with Crippen LogP contribution >= 0.6 is 11.8 Å². The molecule has 0 aliphatic heterocycles. The predicted octanol–water partition coefficient (Wildman–Crippen LogP) is 3.26. The number of benzene rings is 1. The summed E-state index contributed by atoms with van der Waals surface area (Å²) in [5.74, 6) is 1.27. The quantitative estimate of drug-likeness (QED) is 0.811. The Bertz CT molecular complexity index is 364. The molecular weight excluding hydrogens is 226 g/mol. The van der Waals surface area contributed by atoms with E-state index in [0.717, 1.165) is 6.54 Å². The number of hydrogen-bond acceptors (Lipinski definition) is 2. The molecule has 0 fully saturated rings. The first-order valence-corrected chi connectivity index (χ1v) is 7.95. The first kappa shape index (κ1) is 13.0. The maximum atomic E-state index is 6.07. The normalized spacial score (nSPS) is 23.4. The van der Waals surface area contributed by atoms with E-state index in [2.05, 4.69) is 30.5 Å². The van der Waals surface area contributed by atoms with Gasteiger partial charge in [0.05, 0.1) is 0 Å². The molecule has 0 saturated heterocycles. The van der Waals surface area contributed by atoms with Crippen molar-refractivity contribution in [1.82, 2.24) is 0 Å². The average Bonchev–Trinajstić information content (AvgIpc) is 2.39. The standard InChI is InChI=1S/C15H23NS/c1-17-10-4-8-15(12-16)9-7-13-5-2-3-6-14(13)11-15/h2-3,5-6H,4,7-12,16H2,1H3. The van der Waals surface area contributed by atoms with Gasteiger partial charge in [-0.1, -0.05) is 24.3 Å². The first-order chi connectivity index (χ1) is 8.29. The zero-order valence-electron chi connectivity index (χ0n) is 10.7. The van der Waals surface area contributed by atoms with Crippen molar-refractivity contribution in [1.29, 1.82) is 0 Å². The zero-order valence-corrected chi connectivity index (χ0v) is 11.6. The topological polar surface area (TPSA) is 26.0 Å². The summed E-state index contributed by atoms with van der Waals surface area (Å²) >= 11 is 1.94. The van der Waals surface area contributed by atoms with Gasteiger partial charge in [0, 0.05) is 0 Å². The first-order valence-electron chi connectivity index (χ1n) is 6.55. The van der Waals surface area contributed by atoms with Crippen LogP contribution in [0.4, 0.5) is 0 Å². The van der Waals surface area contributed by atoms with Crippen molar-refractivity contribution in [3.05, 3.63) is 35.4 Å². The average molecular weight is 249 g/mol. The lowest BCUT2D eigenvalue weighted by molar-refractivity contribution is 0.233. The summed E-state index contributed by atoms with van der Waals surface area (Å²) in [7, 11) is 0. The lowest BCUT2D eigenvalue weighted by Crippen LogP contribution is -2.36. The zero-order chi connectivity index (χ0) is 12.1. The minimum atomic E-state index is 0.379. The number of nitrogens with two attached hydrogens (primary N) is 1. The molecule has 1 aliphatic carbocycles. The van der Waals surface area contributed by atoms with Gasteiger partial charge in [-0.05, 0) is 67.2 Å². The maximum absolute atomic E-state index is 6.07. The lowest BCUT2D eigenvalue weighted by Gasteiger charge is -2.37. The third-order valence-corrected chi connectivity index (χ3v) is 4.79. The molecule has 1 aromatic rings. The van der Waals surface area contributed by atoms with Crippen LogP contribution < -0.4 is 5.73 Å². The van der Waals surface area contributed by atoms with Crippen molar-refractivity contribution >= 4 is 11.8 Å². The monoisotopic (exact) mass is 249 g/mol. The molecule has 0 bridgehead atoms. The Kier molecular flexibility index (Phi) is 4.52. The fourth-order valence-corrected chi connectivity index (χ4v) is 3.38.